The van der Waals surface area contributed by atoms with Gasteiger partial charge in [0.2, 0.25) is 0 Å². The highest BCUT2D eigenvalue weighted by Crippen LogP contribution is 2.42. The first kappa shape index (κ1) is 17.8. The van der Waals surface area contributed by atoms with Crippen LogP contribution in [0.3, 0.4) is 0 Å². The number of imidazole rings is 1. The number of aryl methyl sites for hydroxylation is 1. The van der Waals surface area contributed by atoms with E-state index >= 15 is 0 Å². The standard InChI is InChI=1S/C19H17ClN4O2S/c1-2-3-4-7-24-13-5-6-22-18(21)17(13)23-19(24)27-16-11-15-14(10-12(16)20)25-8-9-26-15/h1,5-6,10-11H,3-4,7-9H2,(H2,21,22). The van der Waals surface area contributed by atoms with Crippen molar-refractivity contribution in [3.8, 4) is 23.8 Å². The largest absolute Gasteiger partial charge is 0.486 e. The molecule has 138 valence electrons. The van der Waals surface area contributed by atoms with Crippen molar-refractivity contribution in [2.75, 3.05) is 18.9 Å². The number of nitrogens with zero attached hydrogens (tertiary/aromatic N) is 3. The molecule has 0 amide bonds. The van der Waals surface area contributed by atoms with Crippen molar-refractivity contribution in [3.05, 3.63) is 29.4 Å². The summed E-state index contributed by atoms with van der Waals surface area (Å²) >= 11 is 7.92. The Hall–Kier alpha value is -2.56. The molecule has 6 nitrogen and oxygen atoms in total. The second kappa shape index (κ2) is 7.59. The molecular weight excluding hydrogens is 384 g/mol. The second-order valence-electron chi connectivity index (χ2n) is 5.95. The predicted molar refractivity (Wildman–Crippen MR) is 107 cm³/mol. The molecule has 0 radical (unpaired) electrons. The summed E-state index contributed by atoms with van der Waals surface area (Å²) < 4.78 is 13.3. The molecule has 1 aliphatic rings. The van der Waals surface area contributed by atoms with E-state index in [1.165, 1.54) is 11.8 Å². The van der Waals surface area contributed by atoms with E-state index in [2.05, 4.69) is 15.5 Å². The van der Waals surface area contributed by atoms with E-state index in [9.17, 15) is 0 Å². The summed E-state index contributed by atoms with van der Waals surface area (Å²) in [7, 11) is 0. The molecule has 0 aliphatic carbocycles. The topological polar surface area (TPSA) is 75.2 Å². The van der Waals surface area contributed by atoms with Crippen LogP contribution in [-0.2, 0) is 6.54 Å². The van der Waals surface area contributed by atoms with E-state index in [-0.39, 0.29) is 0 Å². The average molecular weight is 401 g/mol. The maximum atomic E-state index is 6.46. The SMILES string of the molecule is C#CCCCn1c(Sc2cc3c(cc2Cl)OCCO3)nc2c(N)nccc21. The fraction of sp³-hybridized carbons (Fsp3) is 0.263. The van der Waals surface area contributed by atoms with Gasteiger partial charge in [-0.25, -0.2) is 9.97 Å². The van der Waals surface area contributed by atoms with Gasteiger partial charge in [0.15, 0.2) is 22.5 Å². The van der Waals surface area contributed by atoms with Crippen molar-refractivity contribution >= 4 is 40.2 Å². The fourth-order valence-corrected chi connectivity index (χ4v) is 4.13. The van der Waals surface area contributed by atoms with Gasteiger partial charge in [0, 0.05) is 30.1 Å². The summed E-state index contributed by atoms with van der Waals surface area (Å²) in [5.74, 6) is 4.42. The molecule has 27 heavy (non-hydrogen) atoms. The van der Waals surface area contributed by atoms with Crippen LogP contribution in [0.5, 0.6) is 11.5 Å². The Morgan fingerprint density at radius 3 is 2.85 bits per heavy atom. The first-order chi connectivity index (χ1) is 13.2. The number of nitrogen functional groups attached to an aromatic ring is 1. The number of pyridine rings is 1. The van der Waals surface area contributed by atoms with Crippen LogP contribution in [0.25, 0.3) is 11.0 Å². The van der Waals surface area contributed by atoms with Crippen LogP contribution < -0.4 is 15.2 Å². The zero-order chi connectivity index (χ0) is 18.8. The lowest BCUT2D eigenvalue weighted by Crippen LogP contribution is -2.15. The maximum Gasteiger partial charge on any atom is 0.174 e. The third-order valence-electron chi connectivity index (χ3n) is 4.16. The number of terminal acetylenes is 1. The monoisotopic (exact) mass is 400 g/mol. The molecule has 2 N–H and O–H groups in total. The lowest BCUT2D eigenvalue weighted by Gasteiger charge is -2.19. The zero-order valence-corrected chi connectivity index (χ0v) is 16.0. The number of hydrogen-bond donors (Lipinski definition) is 1. The van der Waals surface area contributed by atoms with Crippen LogP contribution in [-0.4, -0.2) is 27.7 Å². The molecule has 0 fully saturated rings. The highest BCUT2D eigenvalue weighted by Gasteiger charge is 2.19. The Bertz CT molecular complexity index is 1040. The van der Waals surface area contributed by atoms with E-state index in [0.29, 0.717) is 47.5 Å². The fourth-order valence-electron chi connectivity index (χ4n) is 2.91. The molecule has 1 aliphatic heterocycles. The van der Waals surface area contributed by atoms with Crippen molar-refractivity contribution in [1.82, 2.24) is 14.5 Å². The van der Waals surface area contributed by atoms with Gasteiger partial charge in [0.1, 0.15) is 18.7 Å². The minimum Gasteiger partial charge on any atom is -0.486 e. The van der Waals surface area contributed by atoms with Crippen LogP contribution in [0, 0.1) is 12.3 Å². The summed E-state index contributed by atoms with van der Waals surface area (Å²) in [4.78, 5) is 9.67. The third-order valence-corrected chi connectivity index (χ3v) is 5.64. The van der Waals surface area contributed by atoms with Gasteiger partial charge in [0.05, 0.1) is 10.5 Å². The Labute approximate surface area is 166 Å². The van der Waals surface area contributed by atoms with Crippen LogP contribution in [0.2, 0.25) is 5.02 Å². The van der Waals surface area contributed by atoms with Crippen molar-refractivity contribution in [2.45, 2.75) is 29.4 Å². The number of benzene rings is 1. The molecule has 1 aromatic carbocycles. The van der Waals surface area contributed by atoms with Gasteiger partial charge < -0.3 is 19.8 Å². The van der Waals surface area contributed by atoms with Gasteiger partial charge in [-0.15, -0.1) is 12.3 Å². The lowest BCUT2D eigenvalue weighted by atomic mass is 10.3. The smallest absolute Gasteiger partial charge is 0.174 e. The van der Waals surface area contributed by atoms with Crippen LogP contribution >= 0.6 is 23.4 Å². The number of fused-ring (bicyclic) bond motifs is 2. The van der Waals surface area contributed by atoms with Crippen molar-refractivity contribution in [3.63, 3.8) is 0 Å². The van der Waals surface area contributed by atoms with Gasteiger partial charge in [-0.05, 0) is 30.3 Å². The Morgan fingerprint density at radius 2 is 2.07 bits per heavy atom. The summed E-state index contributed by atoms with van der Waals surface area (Å²) in [6.07, 6.45) is 8.61. The summed E-state index contributed by atoms with van der Waals surface area (Å²) in [5, 5.41) is 1.36. The highest BCUT2D eigenvalue weighted by atomic mass is 35.5. The number of halogens is 1. The van der Waals surface area contributed by atoms with E-state index in [0.717, 1.165) is 28.5 Å². The minimum atomic E-state index is 0.401. The highest BCUT2D eigenvalue weighted by molar-refractivity contribution is 7.99. The number of aromatic nitrogens is 3. The molecule has 4 rings (SSSR count). The number of nitrogens with two attached hydrogens (primary N) is 1. The summed E-state index contributed by atoms with van der Waals surface area (Å²) in [6.45, 7) is 1.77. The van der Waals surface area contributed by atoms with E-state index in [1.54, 1.807) is 12.3 Å². The van der Waals surface area contributed by atoms with Crippen LogP contribution in [0.15, 0.2) is 34.4 Å². The normalized spacial score (nSPS) is 12.9. The van der Waals surface area contributed by atoms with E-state index < -0.39 is 0 Å². The van der Waals surface area contributed by atoms with Crippen molar-refractivity contribution in [2.24, 2.45) is 0 Å². The molecule has 0 saturated heterocycles. The Kier molecular flexibility index (Phi) is 5.01. The van der Waals surface area contributed by atoms with E-state index in [4.69, 9.17) is 38.2 Å². The molecule has 0 bridgehead atoms. The molecule has 0 unspecified atom stereocenters. The van der Waals surface area contributed by atoms with Crippen LogP contribution in [0.4, 0.5) is 5.82 Å². The summed E-state index contributed by atoms with van der Waals surface area (Å²) in [5.41, 5.74) is 7.62. The Balaban J connectivity index is 1.74. The summed E-state index contributed by atoms with van der Waals surface area (Å²) in [6, 6.07) is 5.57. The first-order valence-electron chi connectivity index (χ1n) is 8.48. The van der Waals surface area contributed by atoms with Crippen LogP contribution in [0.1, 0.15) is 12.8 Å². The Morgan fingerprint density at radius 1 is 1.30 bits per heavy atom. The van der Waals surface area contributed by atoms with Gasteiger partial charge in [0.25, 0.3) is 0 Å². The number of unbranched alkanes of at least 4 members (excludes halogenated alkanes) is 1. The molecule has 8 heteroatoms. The quantitative estimate of drug-likeness (QED) is 0.515. The minimum absolute atomic E-state index is 0.401. The molecule has 3 aromatic rings. The lowest BCUT2D eigenvalue weighted by molar-refractivity contribution is 0.171. The number of anilines is 1. The molecule has 3 heterocycles. The maximum absolute atomic E-state index is 6.46. The van der Waals surface area contributed by atoms with Crippen molar-refractivity contribution < 1.29 is 9.47 Å². The van der Waals surface area contributed by atoms with Gasteiger partial charge in [-0.1, -0.05) is 11.6 Å². The number of rotatable bonds is 5. The van der Waals surface area contributed by atoms with E-state index in [1.807, 2.05) is 12.1 Å². The zero-order valence-electron chi connectivity index (χ0n) is 14.4. The number of ether oxygens (including phenoxy) is 2. The predicted octanol–water partition coefficient (Wildman–Crippen LogP) is 4.00. The van der Waals surface area contributed by atoms with Gasteiger partial charge >= 0.3 is 0 Å². The first-order valence-corrected chi connectivity index (χ1v) is 9.68. The molecule has 0 atom stereocenters. The third kappa shape index (κ3) is 3.51. The second-order valence-corrected chi connectivity index (χ2v) is 7.36. The molecule has 2 aromatic heterocycles. The molecule has 0 spiro atoms. The molecule has 0 saturated carbocycles. The molecular formula is C19H17ClN4O2S. The van der Waals surface area contributed by atoms with Crippen molar-refractivity contribution in [1.29, 1.82) is 0 Å². The van der Waals surface area contributed by atoms with Gasteiger partial charge in [-0.3, -0.25) is 0 Å². The average Bonchev–Trinajstić information content (AvgIpc) is 3.01. The van der Waals surface area contributed by atoms with Gasteiger partial charge in [-0.2, -0.15) is 0 Å². The number of hydrogen-bond acceptors (Lipinski definition) is 6.